The molecule has 0 aliphatic rings. The number of thioether (sulfide) groups is 1. The van der Waals surface area contributed by atoms with Crippen LogP contribution in [0.2, 0.25) is 0 Å². The number of nitrogens with one attached hydrogen (secondary N) is 1. The van der Waals surface area contributed by atoms with Crippen molar-refractivity contribution < 1.29 is 4.79 Å². The molecule has 1 aromatic heterocycles. The van der Waals surface area contributed by atoms with Gasteiger partial charge in [-0.05, 0) is 36.6 Å². The van der Waals surface area contributed by atoms with Crippen molar-refractivity contribution in [1.82, 2.24) is 14.8 Å². The highest BCUT2D eigenvalue weighted by Gasteiger charge is 2.14. The van der Waals surface area contributed by atoms with Crippen LogP contribution in [-0.4, -0.2) is 26.4 Å². The number of aromatic nitrogens is 3. The summed E-state index contributed by atoms with van der Waals surface area (Å²) in [4.78, 5) is 12.2. The topological polar surface area (TPSA) is 59.8 Å². The van der Waals surface area contributed by atoms with Crippen molar-refractivity contribution in [1.29, 1.82) is 0 Å². The molecule has 2 aromatic carbocycles. The monoisotopic (exact) mass is 366 g/mol. The molecular weight excluding hydrogens is 344 g/mol. The Labute approximate surface area is 157 Å². The average molecular weight is 366 g/mol. The summed E-state index contributed by atoms with van der Waals surface area (Å²) < 4.78 is 1.93. The van der Waals surface area contributed by atoms with Crippen molar-refractivity contribution in [2.24, 2.45) is 7.05 Å². The lowest BCUT2D eigenvalue weighted by molar-refractivity contribution is -0.113. The number of rotatable bonds is 6. The van der Waals surface area contributed by atoms with E-state index in [0.717, 1.165) is 34.2 Å². The number of anilines is 1. The third-order valence-electron chi connectivity index (χ3n) is 4.20. The van der Waals surface area contributed by atoms with Gasteiger partial charge in [-0.15, -0.1) is 10.2 Å². The van der Waals surface area contributed by atoms with Gasteiger partial charge in [-0.3, -0.25) is 4.79 Å². The lowest BCUT2D eigenvalue weighted by atomic mass is 10.1. The molecule has 0 unspecified atom stereocenters. The van der Waals surface area contributed by atoms with Crippen molar-refractivity contribution in [3.63, 3.8) is 0 Å². The summed E-state index contributed by atoms with van der Waals surface area (Å²) >= 11 is 1.38. The van der Waals surface area contributed by atoms with Gasteiger partial charge in [-0.1, -0.05) is 55.1 Å². The maximum Gasteiger partial charge on any atom is 0.234 e. The van der Waals surface area contributed by atoms with Crippen molar-refractivity contribution in [2.45, 2.75) is 25.4 Å². The molecule has 1 amide bonds. The Balaban J connectivity index is 1.63. The quantitative estimate of drug-likeness (QED) is 0.668. The number of aryl methyl sites for hydroxylation is 2. The predicted molar refractivity (Wildman–Crippen MR) is 106 cm³/mol. The first-order valence-corrected chi connectivity index (χ1v) is 9.54. The van der Waals surface area contributed by atoms with E-state index in [1.54, 1.807) is 0 Å². The van der Waals surface area contributed by atoms with Gasteiger partial charge >= 0.3 is 0 Å². The second-order valence-electron chi connectivity index (χ2n) is 6.07. The molecule has 0 spiro atoms. The Hall–Kier alpha value is -2.60. The molecule has 0 saturated carbocycles. The molecule has 1 N–H and O–H groups in total. The van der Waals surface area contributed by atoms with E-state index in [9.17, 15) is 4.79 Å². The molecule has 134 valence electrons. The zero-order valence-electron chi connectivity index (χ0n) is 15.2. The lowest BCUT2D eigenvalue weighted by Gasteiger charge is -2.07. The Kier molecular flexibility index (Phi) is 5.73. The third-order valence-corrected chi connectivity index (χ3v) is 5.22. The molecule has 0 bridgehead atoms. The van der Waals surface area contributed by atoms with Crippen molar-refractivity contribution >= 4 is 23.4 Å². The first kappa shape index (κ1) is 18.2. The first-order chi connectivity index (χ1) is 12.6. The normalized spacial score (nSPS) is 10.7. The first-order valence-electron chi connectivity index (χ1n) is 8.55. The fourth-order valence-corrected chi connectivity index (χ4v) is 3.36. The number of carbonyl (C=O) groups excluding carboxylic acids is 1. The summed E-state index contributed by atoms with van der Waals surface area (Å²) in [6, 6.07) is 16.0. The van der Waals surface area contributed by atoms with Gasteiger partial charge in [0.2, 0.25) is 5.91 Å². The largest absolute Gasteiger partial charge is 0.325 e. The summed E-state index contributed by atoms with van der Waals surface area (Å²) in [5.41, 5.74) is 4.26. The third kappa shape index (κ3) is 4.14. The molecule has 0 aliphatic carbocycles. The van der Waals surface area contributed by atoms with Crippen LogP contribution < -0.4 is 5.32 Å². The van der Waals surface area contributed by atoms with Gasteiger partial charge in [0, 0.05) is 18.3 Å². The number of carbonyl (C=O) groups is 1. The number of benzene rings is 2. The van der Waals surface area contributed by atoms with Crippen molar-refractivity contribution in [3.05, 3.63) is 59.7 Å². The van der Waals surface area contributed by atoms with Crippen LogP contribution >= 0.6 is 11.8 Å². The minimum atomic E-state index is -0.0558. The zero-order valence-corrected chi connectivity index (χ0v) is 16.0. The lowest BCUT2D eigenvalue weighted by Crippen LogP contribution is -2.14. The number of hydrogen-bond donors (Lipinski definition) is 1. The highest BCUT2D eigenvalue weighted by Crippen LogP contribution is 2.25. The molecule has 0 fully saturated rings. The van der Waals surface area contributed by atoms with E-state index >= 15 is 0 Å². The van der Waals surface area contributed by atoms with E-state index in [1.165, 1.54) is 17.3 Å². The predicted octanol–water partition coefficient (Wildman–Crippen LogP) is 4.08. The molecule has 3 rings (SSSR count). The maximum atomic E-state index is 12.2. The van der Waals surface area contributed by atoms with Crippen LogP contribution in [0.3, 0.4) is 0 Å². The van der Waals surface area contributed by atoms with E-state index in [-0.39, 0.29) is 11.7 Å². The highest BCUT2D eigenvalue weighted by atomic mass is 32.2. The molecule has 0 aliphatic heterocycles. The minimum absolute atomic E-state index is 0.0558. The van der Waals surface area contributed by atoms with Crippen LogP contribution in [0.15, 0.2) is 53.7 Å². The SMILES string of the molecule is CCc1ccc(NC(=O)CSc2nnc(-c3ccccc3C)n2C)cc1. The fraction of sp³-hybridized carbons (Fsp3) is 0.250. The molecule has 26 heavy (non-hydrogen) atoms. The highest BCUT2D eigenvalue weighted by molar-refractivity contribution is 7.99. The molecule has 6 heteroatoms. The van der Waals surface area contributed by atoms with E-state index < -0.39 is 0 Å². The zero-order chi connectivity index (χ0) is 18.5. The summed E-state index contributed by atoms with van der Waals surface area (Å²) in [6.07, 6.45) is 0.986. The van der Waals surface area contributed by atoms with Gasteiger partial charge in [0.05, 0.1) is 5.75 Å². The Morgan fingerprint density at radius 3 is 2.54 bits per heavy atom. The van der Waals surface area contributed by atoms with Crippen LogP contribution in [0.4, 0.5) is 5.69 Å². The van der Waals surface area contributed by atoms with E-state index in [1.807, 2.05) is 67.1 Å². The maximum absolute atomic E-state index is 12.2. The smallest absolute Gasteiger partial charge is 0.234 e. The molecule has 0 atom stereocenters. The standard InChI is InChI=1S/C20H22N4OS/c1-4-15-9-11-16(12-10-15)21-18(25)13-26-20-23-22-19(24(20)3)17-8-6-5-7-14(17)2/h5-12H,4,13H2,1-3H3,(H,21,25). The molecule has 0 saturated heterocycles. The van der Waals surface area contributed by atoms with Crippen molar-refractivity contribution in [3.8, 4) is 11.4 Å². The average Bonchev–Trinajstić information content (AvgIpc) is 3.01. The van der Waals surface area contributed by atoms with Gasteiger partial charge in [0.25, 0.3) is 0 Å². The van der Waals surface area contributed by atoms with Crippen LogP contribution in [0.5, 0.6) is 0 Å². The van der Waals surface area contributed by atoms with Gasteiger partial charge in [0.1, 0.15) is 0 Å². The number of hydrogen-bond acceptors (Lipinski definition) is 4. The fourth-order valence-electron chi connectivity index (χ4n) is 2.65. The Morgan fingerprint density at radius 2 is 1.85 bits per heavy atom. The number of nitrogens with zero attached hydrogens (tertiary/aromatic N) is 3. The molecule has 5 nitrogen and oxygen atoms in total. The van der Waals surface area contributed by atoms with Crippen LogP contribution in [-0.2, 0) is 18.3 Å². The van der Waals surface area contributed by atoms with Crippen LogP contribution in [0.1, 0.15) is 18.1 Å². The summed E-state index contributed by atoms with van der Waals surface area (Å²) in [6.45, 7) is 4.16. The summed E-state index contributed by atoms with van der Waals surface area (Å²) in [7, 11) is 1.92. The van der Waals surface area contributed by atoms with Gasteiger partial charge in [-0.25, -0.2) is 0 Å². The molecule has 1 heterocycles. The van der Waals surface area contributed by atoms with Crippen LogP contribution in [0.25, 0.3) is 11.4 Å². The van der Waals surface area contributed by atoms with E-state index in [4.69, 9.17) is 0 Å². The summed E-state index contributed by atoms with van der Waals surface area (Å²) in [5, 5.41) is 12.2. The molecule has 3 aromatic rings. The van der Waals surface area contributed by atoms with Crippen LogP contribution in [0, 0.1) is 6.92 Å². The minimum Gasteiger partial charge on any atom is -0.325 e. The van der Waals surface area contributed by atoms with E-state index in [2.05, 4.69) is 22.4 Å². The van der Waals surface area contributed by atoms with Crippen molar-refractivity contribution in [2.75, 3.05) is 11.1 Å². The second-order valence-corrected chi connectivity index (χ2v) is 7.01. The second kappa shape index (κ2) is 8.19. The Morgan fingerprint density at radius 1 is 1.12 bits per heavy atom. The Bertz CT molecular complexity index is 902. The summed E-state index contributed by atoms with van der Waals surface area (Å²) in [5.74, 6) is 1.04. The molecule has 0 radical (unpaired) electrons. The number of amides is 1. The van der Waals surface area contributed by atoms with E-state index in [0.29, 0.717) is 0 Å². The van der Waals surface area contributed by atoms with Gasteiger partial charge in [-0.2, -0.15) is 0 Å². The molecular formula is C20H22N4OS. The van der Waals surface area contributed by atoms with Gasteiger partial charge in [0.15, 0.2) is 11.0 Å². The van der Waals surface area contributed by atoms with Gasteiger partial charge < -0.3 is 9.88 Å².